The number of hydrogen-bond donors (Lipinski definition) is 4. The van der Waals surface area contributed by atoms with Gasteiger partial charge in [-0.05, 0) is 11.1 Å². The third-order valence-corrected chi connectivity index (χ3v) is 5.10. The molecule has 0 aliphatic carbocycles. The van der Waals surface area contributed by atoms with Gasteiger partial charge in [0.05, 0.1) is 0 Å². The molecular formula is C20H20N4O4S. The Hall–Kier alpha value is -3.40. The second-order valence-electron chi connectivity index (χ2n) is 5.91. The molecule has 1 aromatic heterocycles. The van der Waals surface area contributed by atoms with Gasteiger partial charge < -0.3 is 9.47 Å². The summed E-state index contributed by atoms with van der Waals surface area (Å²) in [4.78, 5) is 24.8. The number of ether oxygens (including phenoxy) is 2. The van der Waals surface area contributed by atoms with Crippen molar-refractivity contribution in [1.82, 2.24) is 10.9 Å². The van der Waals surface area contributed by atoms with Gasteiger partial charge in [0.1, 0.15) is 23.0 Å². The smallest absolute Gasteiger partial charge is 0.279 e. The van der Waals surface area contributed by atoms with Gasteiger partial charge in [0.15, 0.2) is 11.5 Å². The van der Waals surface area contributed by atoms with Crippen LogP contribution in [0, 0.1) is 0 Å². The SMILES string of the molecule is NNC(=O)c1sc(C(=O)NN)c(OCc2ccccc2)c1OCc1ccccc1. The van der Waals surface area contributed by atoms with Crippen LogP contribution in [0.2, 0.25) is 0 Å². The van der Waals surface area contributed by atoms with Crippen molar-refractivity contribution in [3.05, 3.63) is 81.5 Å². The maximum Gasteiger partial charge on any atom is 0.279 e. The minimum absolute atomic E-state index is 0.116. The third-order valence-electron chi connectivity index (χ3n) is 3.95. The van der Waals surface area contributed by atoms with Crippen molar-refractivity contribution in [2.24, 2.45) is 11.7 Å². The molecule has 0 radical (unpaired) electrons. The summed E-state index contributed by atoms with van der Waals surface area (Å²) in [7, 11) is 0. The van der Waals surface area contributed by atoms with E-state index in [2.05, 4.69) is 10.9 Å². The molecule has 3 aromatic rings. The number of amides is 2. The highest BCUT2D eigenvalue weighted by atomic mass is 32.1. The van der Waals surface area contributed by atoms with E-state index in [4.69, 9.17) is 21.2 Å². The standard InChI is InChI=1S/C20H20N4O4S/c21-23-19(25)17-15(27-11-13-7-3-1-4-8-13)16(18(29-17)20(26)24-22)28-12-14-9-5-2-6-10-14/h1-10H,11-12,21-22H2,(H,23,25)(H,24,26). The predicted octanol–water partition coefficient (Wildman–Crippen LogP) is 2.11. The van der Waals surface area contributed by atoms with Crippen molar-refractivity contribution < 1.29 is 19.1 Å². The van der Waals surface area contributed by atoms with Crippen LogP contribution in [0.5, 0.6) is 11.5 Å². The third kappa shape index (κ3) is 4.91. The maximum absolute atomic E-state index is 12.3. The van der Waals surface area contributed by atoms with Crippen LogP contribution in [-0.2, 0) is 13.2 Å². The molecule has 2 aromatic carbocycles. The zero-order valence-corrected chi connectivity index (χ0v) is 16.2. The largest absolute Gasteiger partial charge is 0.483 e. The van der Waals surface area contributed by atoms with E-state index >= 15 is 0 Å². The van der Waals surface area contributed by atoms with Gasteiger partial charge in [0.2, 0.25) is 0 Å². The topological polar surface area (TPSA) is 129 Å². The van der Waals surface area contributed by atoms with Gasteiger partial charge in [-0.15, -0.1) is 11.3 Å². The molecule has 0 bridgehead atoms. The summed E-state index contributed by atoms with van der Waals surface area (Å²) in [5, 5.41) is 0. The highest BCUT2D eigenvalue weighted by Gasteiger charge is 2.29. The molecule has 0 saturated heterocycles. The van der Waals surface area contributed by atoms with E-state index in [9.17, 15) is 9.59 Å². The van der Waals surface area contributed by atoms with E-state index in [1.165, 1.54) is 0 Å². The van der Waals surface area contributed by atoms with Crippen LogP contribution in [0.1, 0.15) is 30.5 Å². The van der Waals surface area contributed by atoms with Crippen LogP contribution in [-0.4, -0.2) is 11.8 Å². The lowest BCUT2D eigenvalue weighted by molar-refractivity contribution is 0.0943. The highest BCUT2D eigenvalue weighted by Crippen LogP contribution is 2.43. The van der Waals surface area contributed by atoms with E-state index in [1.54, 1.807) is 0 Å². The van der Waals surface area contributed by atoms with Crippen molar-refractivity contribution in [3.8, 4) is 11.5 Å². The van der Waals surface area contributed by atoms with E-state index in [-0.39, 0.29) is 34.5 Å². The first kappa shape index (κ1) is 20.3. The van der Waals surface area contributed by atoms with Crippen molar-refractivity contribution in [1.29, 1.82) is 0 Å². The summed E-state index contributed by atoms with van der Waals surface area (Å²) in [6, 6.07) is 18.8. The molecule has 6 N–H and O–H groups in total. The fourth-order valence-electron chi connectivity index (χ4n) is 2.55. The quantitative estimate of drug-likeness (QED) is 0.255. The van der Waals surface area contributed by atoms with Gasteiger partial charge in [-0.3, -0.25) is 20.4 Å². The van der Waals surface area contributed by atoms with Gasteiger partial charge in [0, 0.05) is 0 Å². The lowest BCUT2D eigenvalue weighted by atomic mass is 10.2. The van der Waals surface area contributed by atoms with Crippen LogP contribution in [0.25, 0.3) is 0 Å². The molecule has 0 saturated carbocycles. The van der Waals surface area contributed by atoms with E-state index in [0.29, 0.717) is 0 Å². The zero-order valence-electron chi connectivity index (χ0n) is 15.4. The summed E-state index contributed by atoms with van der Waals surface area (Å²) in [5.74, 6) is 9.67. The Morgan fingerprint density at radius 3 is 1.45 bits per heavy atom. The average Bonchev–Trinajstić information content (AvgIpc) is 3.15. The van der Waals surface area contributed by atoms with Gasteiger partial charge >= 0.3 is 0 Å². The summed E-state index contributed by atoms with van der Waals surface area (Å²) >= 11 is 0.888. The minimum atomic E-state index is -0.598. The first-order chi connectivity index (χ1) is 14.1. The number of carbonyl (C=O) groups is 2. The molecule has 0 unspecified atom stereocenters. The Kier molecular flexibility index (Phi) is 6.80. The Bertz CT molecular complexity index is 899. The number of nitrogen functional groups attached to an aromatic ring is 2. The fraction of sp³-hybridized carbons (Fsp3) is 0.100. The highest BCUT2D eigenvalue weighted by molar-refractivity contribution is 7.16. The number of nitrogens with one attached hydrogen (secondary N) is 2. The number of carbonyl (C=O) groups excluding carboxylic acids is 2. The molecule has 1 heterocycles. The van der Waals surface area contributed by atoms with E-state index in [1.807, 2.05) is 60.7 Å². The molecule has 29 heavy (non-hydrogen) atoms. The second kappa shape index (κ2) is 9.69. The maximum atomic E-state index is 12.3. The van der Waals surface area contributed by atoms with Gasteiger partial charge in [0.25, 0.3) is 11.8 Å². The molecule has 0 aliphatic heterocycles. The molecule has 8 nitrogen and oxygen atoms in total. The molecule has 2 amide bonds. The summed E-state index contributed by atoms with van der Waals surface area (Å²) in [6.07, 6.45) is 0. The summed E-state index contributed by atoms with van der Waals surface area (Å²) in [5.41, 5.74) is 5.90. The van der Waals surface area contributed by atoms with E-state index < -0.39 is 11.8 Å². The van der Waals surface area contributed by atoms with Crippen LogP contribution in [0.15, 0.2) is 60.7 Å². The van der Waals surface area contributed by atoms with Crippen LogP contribution in [0.3, 0.4) is 0 Å². The molecule has 0 aliphatic rings. The average molecular weight is 412 g/mol. The van der Waals surface area contributed by atoms with Crippen molar-refractivity contribution >= 4 is 23.2 Å². The Labute approximate surface area is 171 Å². The number of hydrazine groups is 2. The van der Waals surface area contributed by atoms with E-state index in [0.717, 1.165) is 22.5 Å². The Balaban J connectivity index is 1.97. The van der Waals surface area contributed by atoms with Crippen LogP contribution >= 0.6 is 11.3 Å². The first-order valence-corrected chi connectivity index (χ1v) is 9.47. The fourth-order valence-corrected chi connectivity index (χ4v) is 3.55. The Morgan fingerprint density at radius 2 is 1.10 bits per heavy atom. The van der Waals surface area contributed by atoms with Gasteiger partial charge in [-0.1, -0.05) is 60.7 Å². The normalized spacial score (nSPS) is 10.3. The zero-order chi connectivity index (χ0) is 20.6. The molecule has 0 atom stereocenters. The molecule has 0 spiro atoms. The lowest BCUT2D eigenvalue weighted by Gasteiger charge is -2.12. The monoisotopic (exact) mass is 412 g/mol. The van der Waals surface area contributed by atoms with Gasteiger partial charge in [-0.25, -0.2) is 11.7 Å². The molecule has 0 fully saturated rings. The number of hydrogen-bond acceptors (Lipinski definition) is 7. The molecular weight excluding hydrogens is 392 g/mol. The minimum Gasteiger partial charge on any atom is -0.483 e. The molecule has 3 rings (SSSR count). The van der Waals surface area contributed by atoms with Crippen molar-refractivity contribution in [2.75, 3.05) is 0 Å². The van der Waals surface area contributed by atoms with Crippen LogP contribution in [0.4, 0.5) is 0 Å². The van der Waals surface area contributed by atoms with Crippen LogP contribution < -0.4 is 32.0 Å². The number of thiophene rings is 1. The lowest BCUT2D eigenvalue weighted by Crippen LogP contribution is -2.30. The molecule has 9 heteroatoms. The van der Waals surface area contributed by atoms with Gasteiger partial charge in [-0.2, -0.15) is 0 Å². The Morgan fingerprint density at radius 1 is 0.724 bits per heavy atom. The van der Waals surface area contributed by atoms with Crippen molar-refractivity contribution in [3.63, 3.8) is 0 Å². The first-order valence-electron chi connectivity index (χ1n) is 8.66. The van der Waals surface area contributed by atoms with Crippen molar-refractivity contribution in [2.45, 2.75) is 13.2 Å². The second-order valence-corrected chi connectivity index (χ2v) is 6.93. The number of benzene rings is 2. The molecule has 150 valence electrons. The number of nitrogens with two attached hydrogens (primary N) is 2. The summed E-state index contributed by atoms with van der Waals surface area (Å²) < 4.78 is 11.8. The summed E-state index contributed by atoms with van der Waals surface area (Å²) in [6.45, 7) is 0.349. The predicted molar refractivity (Wildman–Crippen MR) is 109 cm³/mol. The number of rotatable bonds is 8.